The average molecular weight is 811 g/mol. The first-order chi connectivity index (χ1) is 20.7. The molecule has 0 unspecified atom stereocenters. The summed E-state index contributed by atoms with van der Waals surface area (Å²) in [6.45, 7) is -1.71. The van der Waals surface area contributed by atoms with Gasteiger partial charge in [0.05, 0.1) is 6.42 Å². The van der Waals surface area contributed by atoms with Gasteiger partial charge in [-0.15, -0.1) is 23.1 Å². The van der Waals surface area contributed by atoms with Crippen molar-refractivity contribution >= 4 is 133 Å². The molecule has 0 aliphatic carbocycles. The van der Waals surface area contributed by atoms with Crippen LogP contribution in [0.1, 0.15) is 11.8 Å². The quantitative estimate of drug-likeness (QED) is 0.102. The molecular formula is C23H22Cl6N2O11S3. The number of fused-ring (bicyclic) bond motifs is 1. The van der Waals surface area contributed by atoms with Crippen molar-refractivity contribution in [1.82, 2.24) is 10.2 Å². The zero-order valence-corrected chi connectivity index (χ0v) is 29.7. The van der Waals surface area contributed by atoms with Crippen LogP contribution in [0.5, 0.6) is 0 Å². The van der Waals surface area contributed by atoms with Crippen LogP contribution >= 0.6 is 92.7 Å². The Labute approximate surface area is 295 Å². The summed E-state index contributed by atoms with van der Waals surface area (Å²) in [5.74, 6) is -6.13. The van der Waals surface area contributed by atoms with E-state index in [-0.39, 0.29) is 23.4 Å². The van der Waals surface area contributed by atoms with E-state index in [0.29, 0.717) is 4.88 Å². The van der Waals surface area contributed by atoms with Crippen LogP contribution in [-0.2, 0) is 58.9 Å². The first kappa shape index (κ1) is 38.2. The van der Waals surface area contributed by atoms with Gasteiger partial charge in [0.1, 0.15) is 37.5 Å². The third kappa shape index (κ3) is 10.9. The van der Waals surface area contributed by atoms with E-state index in [9.17, 15) is 32.4 Å². The number of rotatable bonds is 13. The van der Waals surface area contributed by atoms with E-state index in [1.54, 1.807) is 17.5 Å². The molecule has 2 aliphatic heterocycles. The van der Waals surface area contributed by atoms with E-state index >= 15 is 0 Å². The zero-order chi connectivity index (χ0) is 33.8. The van der Waals surface area contributed by atoms with Crippen molar-refractivity contribution < 1.29 is 50.8 Å². The number of hydrogen-bond donors (Lipinski definition) is 1. The Morgan fingerprint density at radius 3 is 2.29 bits per heavy atom. The number of thioether (sulfide) groups is 1. The normalized spacial score (nSPS) is 20.2. The molecule has 0 radical (unpaired) electrons. The molecule has 3 rings (SSSR count). The molecule has 2 amide bonds. The Morgan fingerprint density at radius 1 is 1.07 bits per heavy atom. The molecular weight excluding hydrogens is 789 g/mol. The highest BCUT2D eigenvalue weighted by Gasteiger charge is 2.66. The number of thiophene rings is 1. The molecule has 22 heteroatoms. The van der Waals surface area contributed by atoms with E-state index in [4.69, 9.17) is 83.3 Å². The summed E-state index contributed by atoms with van der Waals surface area (Å²) in [7, 11) is -4.73. The number of halogens is 6. The smallest absolute Gasteiger partial charge is 0.355 e. The second-order valence-electron chi connectivity index (χ2n) is 9.28. The molecule has 3 heterocycles. The first-order valence-electron chi connectivity index (χ1n) is 12.2. The van der Waals surface area contributed by atoms with Gasteiger partial charge in [-0.25, -0.2) is 4.79 Å². The van der Waals surface area contributed by atoms with Crippen molar-refractivity contribution in [1.29, 1.82) is 0 Å². The number of carbonyl (C=O) groups excluding carboxylic acids is 5. The lowest BCUT2D eigenvalue weighted by atomic mass is 9.86. The SMILES string of the molecule is CC(=O)OCC1=C(C(=O)OCC(Cl)(Cl)Cl)N2C(=O)[C@@](COS(=O)(=O)CC(=O)OCC(Cl)(Cl)Cl)(NC(=O)Cc3cccs3)[C@H]2SC1. The van der Waals surface area contributed by atoms with E-state index in [1.807, 2.05) is 0 Å². The summed E-state index contributed by atoms with van der Waals surface area (Å²) in [5.41, 5.74) is -2.26. The molecule has 2 atom stereocenters. The monoisotopic (exact) mass is 808 g/mol. The van der Waals surface area contributed by atoms with Crippen LogP contribution < -0.4 is 5.32 Å². The molecule has 1 saturated heterocycles. The van der Waals surface area contributed by atoms with Crippen LogP contribution in [0.4, 0.5) is 0 Å². The molecule has 0 aromatic carbocycles. The summed E-state index contributed by atoms with van der Waals surface area (Å²) in [4.78, 5) is 65.2. The highest BCUT2D eigenvalue weighted by molar-refractivity contribution is 8.00. The summed E-state index contributed by atoms with van der Waals surface area (Å²) >= 11 is 35.9. The van der Waals surface area contributed by atoms with Gasteiger partial charge in [-0.3, -0.25) is 28.3 Å². The van der Waals surface area contributed by atoms with Crippen LogP contribution in [0.3, 0.4) is 0 Å². The van der Waals surface area contributed by atoms with E-state index < -0.39 is 90.5 Å². The fraction of sp³-hybridized carbons (Fsp3) is 0.522. The number of ether oxygens (including phenoxy) is 3. The van der Waals surface area contributed by atoms with Gasteiger partial charge in [0.2, 0.25) is 13.5 Å². The summed E-state index contributed by atoms with van der Waals surface area (Å²) in [6, 6.07) is 3.38. The number of amides is 2. The number of nitrogens with one attached hydrogen (secondary N) is 1. The highest BCUT2D eigenvalue weighted by atomic mass is 35.6. The lowest BCUT2D eigenvalue weighted by Crippen LogP contribution is -2.81. The minimum absolute atomic E-state index is 0.0431. The minimum Gasteiger partial charge on any atom is -0.461 e. The zero-order valence-electron chi connectivity index (χ0n) is 22.7. The molecule has 1 aromatic rings. The molecule has 0 spiro atoms. The third-order valence-electron chi connectivity index (χ3n) is 5.69. The summed E-state index contributed by atoms with van der Waals surface area (Å²) < 4.78 is 41.1. The average Bonchev–Trinajstić information content (AvgIpc) is 3.42. The van der Waals surface area contributed by atoms with Crippen molar-refractivity contribution in [2.45, 2.75) is 31.8 Å². The van der Waals surface area contributed by atoms with Crippen LogP contribution in [0, 0.1) is 0 Å². The Hall–Kier alpha value is -1.21. The van der Waals surface area contributed by atoms with Gasteiger partial charge in [0.15, 0.2) is 11.3 Å². The van der Waals surface area contributed by atoms with Gasteiger partial charge < -0.3 is 19.5 Å². The Bertz CT molecular complexity index is 1460. The van der Waals surface area contributed by atoms with Gasteiger partial charge in [0.25, 0.3) is 16.0 Å². The van der Waals surface area contributed by atoms with E-state index in [2.05, 4.69) is 10.1 Å². The predicted molar refractivity (Wildman–Crippen MR) is 168 cm³/mol. The van der Waals surface area contributed by atoms with Gasteiger partial charge >= 0.3 is 17.9 Å². The lowest BCUT2D eigenvalue weighted by molar-refractivity contribution is -0.162. The summed E-state index contributed by atoms with van der Waals surface area (Å²) in [5, 5.41) is 3.13. The molecule has 1 fully saturated rings. The molecule has 0 bridgehead atoms. The number of carbonyl (C=O) groups is 5. The third-order valence-corrected chi connectivity index (χ3v) is 9.73. The largest absolute Gasteiger partial charge is 0.461 e. The highest BCUT2D eigenvalue weighted by Crippen LogP contribution is 2.47. The van der Waals surface area contributed by atoms with Crippen LogP contribution in [0.25, 0.3) is 0 Å². The Morgan fingerprint density at radius 2 is 1.71 bits per heavy atom. The van der Waals surface area contributed by atoms with Gasteiger partial charge in [0, 0.05) is 23.1 Å². The van der Waals surface area contributed by atoms with Crippen molar-refractivity contribution in [2.75, 3.05) is 37.9 Å². The molecule has 0 saturated carbocycles. The molecule has 1 N–H and O–H groups in total. The molecule has 2 aliphatic rings. The standard InChI is InChI=1S/C23H22Cl6N2O11S3/c1-12(32)39-6-13-7-44-20-21(30-15(33)5-14-3-2-4-43-14,9-42-45(37,38)8-16(34)40-10-22(24,25)26)19(36)31(20)17(13)18(35)41-11-23(27,28)29/h2-4,20H,5-11H2,1H3,(H,30,33)/t20-,21-/m1/s1. The Kier molecular flexibility index (Phi) is 13.0. The van der Waals surface area contributed by atoms with Crippen molar-refractivity contribution in [3.8, 4) is 0 Å². The molecule has 1 aromatic heterocycles. The number of esters is 3. The van der Waals surface area contributed by atoms with Crippen molar-refractivity contribution in [3.05, 3.63) is 33.7 Å². The molecule has 13 nitrogen and oxygen atoms in total. The minimum atomic E-state index is -4.73. The maximum atomic E-state index is 13.9. The molecule has 250 valence electrons. The van der Waals surface area contributed by atoms with E-state index in [0.717, 1.165) is 23.6 Å². The predicted octanol–water partition coefficient (Wildman–Crippen LogP) is 3.05. The van der Waals surface area contributed by atoms with Crippen molar-refractivity contribution in [2.24, 2.45) is 0 Å². The second kappa shape index (κ2) is 15.3. The first-order valence-corrected chi connectivity index (χ1v) is 18.0. The summed E-state index contributed by atoms with van der Waals surface area (Å²) in [6.07, 6.45) is -0.175. The topological polar surface area (TPSA) is 172 Å². The number of nitrogens with zero attached hydrogens (tertiary/aromatic N) is 1. The maximum Gasteiger partial charge on any atom is 0.355 e. The van der Waals surface area contributed by atoms with Crippen LogP contribution in [-0.4, -0.2) is 99.5 Å². The van der Waals surface area contributed by atoms with Gasteiger partial charge in [-0.1, -0.05) is 75.7 Å². The Balaban J connectivity index is 1.91. The second-order valence-corrected chi connectivity index (χ2v) is 18.1. The number of alkyl halides is 6. The van der Waals surface area contributed by atoms with Crippen LogP contribution in [0.15, 0.2) is 28.8 Å². The fourth-order valence-electron chi connectivity index (χ4n) is 3.91. The maximum absolute atomic E-state index is 13.9. The van der Waals surface area contributed by atoms with E-state index in [1.165, 1.54) is 11.3 Å². The van der Waals surface area contributed by atoms with Crippen LogP contribution in [0.2, 0.25) is 0 Å². The lowest BCUT2D eigenvalue weighted by Gasteiger charge is -2.56. The fourth-order valence-corrected chi connectivity index (χ4v) is 7.21. The molecule has 45 heavy (non-hydrogen) atoms. The van der Waals surface area contributed by atoms with Crippen molar-refractivity contribution in [3.63, 3.8) is 0 Å². The number of hydrogen-bond acceptors (Lipinski definition) is 13. The van der Waals surface area contributed by atoms with Gasteiger partial charge in [-0.2, -0.15) is 8.42 Å². The number of β-lactam (4-membered cyclic amide) rings is 1. The van der Waals surface area contributed by atoms with Gasteiger partial charge in [-0.05, 0) is 11.4 Å².